The molecule has 0 spiro atoms. The summed E-state index contributed by atoms with van der Waals surface area (Å²) >= 11 is 0. The fraction of sp³-hybridized carbons (Fsp3) is 0.368. The van der Waals surface area contributed by atoms with Crippen molar-refractivity contribution in [1.82, 2.24) is 5.32 Å². The van der Waals surface area contributed by atoms with Crippen molar-refractivity contribution < 1.29 is 14.0 Å². The highest BCUT2D eigenvalue weighted by Gasteiger charge is 2.29. The van der Waals surface area contributed by atoms with Crippen molar-refractivity contribution in [3.05, 3.63) is 47.9 Å². The lowest BCUT2D eigenvalue weighted by Gasteiger charge is -2.37. The van der Waals surface area contributed by atoms with Gasteiger partial charge in [-0.1, -0.05) is 26.0 Å². The molecule has 0 fully saturated rings. The maximum atomic E-state index is 12.7. The molecule has 2 heterocycles. The van der Waals surface area contributed by atoms with Crippen LogP contribution in [0.2, 0.25) is 0 Å². The first-order valence-electron chi connectivity index (χ1n) is 8.45. The van der Waals surface area contributed by atoms with Crippen LogP contribution in [0.15, 0.2) is 41.0 Å². The number of furan rings is 1. The third kappa shape index (κ3) is 3.52. The number of benzene rings is 1. The summed E-state index contributed by atoms with van der Waals surface area (Å²) in [6.07, 6.45) is 1.46. The monoisotopic (exact) mass is 341 g/mol. The van der Waals surface area contributed by atoms with Crippen LogP contribution >= 0.6 is 0 Å². The minimum atomic E-state index is -0.302. The molecule has 1 aromatic carbocycles. The Morgan fingerprint density at radius 3 is 2.76 bits per heavy atom. The molecule has 0 aliphatic carbocycles. The highest BCUT2D eigenvalue weighted by molar-refractivity contribution is 6.02. The van der Waals surface area contributed by atoms with Gasteiger partial charge in [-0.05, 0) is 31.0 Å². The summed E-state index contributed by atoms with van der Waals surface area (Å²) < 4.78 is 5.13. The van der Waals surface area contributed by atoms with E-state index in [0.717, 1.165) is 11.4 Å². The third-order valence-electron chi connectivity index (χ3n) is 4.52. The Bertz CT molecular complexity index is 782. The van der Waals surface area contributed by atoms with E-state index in [0.29, 0.717) is 23.8 Å². The van der Waals surface area contributed by atoms with Crippen molar-refractivity contribution >= 4 is 23.2 Å². The Kier molecular flexibility index (Phi) is 4.79. The van der Waals surface area contributed by atoms with Gasteiger partial charge in [0.1, 0.15) is 5.76 Å². The highest BCUT2D eigenvalue weighted by Crippen LogP contribution is 2.32. The summed E-state index contributed by atoms with van der Waals surface area (Å²) in [5.41, 5.74) is 2.24. The molecule has 25 heavy (non-hydrogen) atoms. The van der Waals surface area contributed by atoms with Crippen LogP contribution in [-0.2, 0) is 4.79 Å². The lowest BCUT2D eigenvalue weighted by atomic mass is 10.00. The van der Waals surface area contributed by atoms with Gasteiger partial charge in [0, 0.05) is 12.6 Å². The van der Waals surface area contributed by atoms with E-state index in [1.807, 2.05) is 24.3 Å². The predicted octanol–water partition coefficient (Wildman–Crippen LogP) is 2.80. The smallest absolute Gasteiger partial charge is 0.255 e. The van der Waals surface area contributed by atoms with E-state index in [1.54, 1.807) is 17.9 Å². The topological polar surface area (TPSA) is 74.6 Å². The van der Waals surface area contributed by atoms with Crippen molar-refractivity contribution in [3.8, 4) is 0 Å². The average Bonchev–Trinajstić information content (AvgIpc) is 3.04. The second-order valence-electron chi connectivity index (χ2n) is 6.59. The summed E-state index contributed by atoms with van der Waals surface area (Å²) in [7, 11) is 0. The van der Waals surface area contributed by atoms with Crippen LogP contribution in [-0.4, -0.2) is 30.9 Å². The van der Waals surface area contributed by atoms with Crippen LogP contribution in [0.25, 0.3) is 0 Å². The van der Waals surface area contributed by atoms with Crippen molar-refractivity contribution in [3.63, 3.8) is 0 Å². The van der Waals surface area contributed by atoms with E-state index in [4.69, 9.17) is 4.42 Å². The molecule has 132 valence electrons. The quantitative estimate of drug-likeness (QED) is 0.897. The maximum absolute atomic E-state index is 12.7. The van der Waals surface area contributed by atoms with Crippen LogP contribution < -0.4 is 15.5 Å². The molecule has 2 amide bonds. The van der Waals surface area contributed by atoms with E-state index in [9.17, 15) is 9.59 Å². The number of para-hydroxylation sites is 2. The van der Waals surface area contributed by atoms with Gasteiger partial charge in [0.25, 0.3) is 5.91 Å². The van der Waals surface area contributed by atoms with Gasteiger partial charge in [-0.25, -0.2) is 0 Å². The highest BCUT2D eigenvalue weighted by atomic mass is 16.3. The Morgan fingerprint density at radius 1 is 1.32 bits per heavy atom. The fourth-order valence-electron chi connectivity index (χ4n) is 2.95. The second-order valence-corrected chi connectivity index (χ2v) is 6.59. The Hall–Kier alpha value is -2.76. The van der Waals surface area contributed by atoms with E-state index in [1.165, 1.54) is 6.26 Å². The lowest BCUT2D eigenvalue weighted by molar-refractivity contribution is -0.117. The number of rotatable bonds is 4. The number of aryl methyl sites for hydroxylation is 1. The van der Waals surface area contributed by atoms with Crippen LogP contribution in [0, 0.1) is 12.8 Å². The molecule has 0 saturated carbocycles. The number of hydrogen-bond donors (Lipinski definition) is 2. The van der Waals surface area contributed by atoms with Crippen molar-refractivity contribution in [1.29, 1.82) is 0 Å². The van der Waals surface area contributed by atoms with Gasteiger partial charge in [-0.2, -0.15) is 0 Å². The third-order valence-corrected chi connectivity index (χ3v) is 4.52. The van der Waals surface area contributed by atoms with E-state index >= 15 is 0 Å². The number of nitrogens with one attached hydrogen (secondary N) is 2. The normalized spacial score (nSPS) is 16.3. The first kappa shape index (κ1) is 17.1. The number of fused-ring (bicyclic) bond motifs is 1. The van der Waals surface area contributed by atoms with Crippen LogP contribution in [0.3, 0.4) is 0 Å². The molecule has 0 bridgehead atoms. The largest absolute Gasteiger partial charge is 0.469 e. The van der Waals surface area contributed by atoms with E-state index < -0.39 is 0 Å². The van der Waals surface area contributed by atoms with Crippen molar-refractivity contribution in [2.75, 3.05) is 23.3 Å². The first-order valence-corrected chi connectivity index (χ1v) is 8.45. The van der Waals surface area contributed by atoms with Gasteiger partial charge < -0.3 is 20.0 Å². The van der Waals surface area contributed by atoms with E-state index in [2.05, 4.69) is 24.5 Å². The number of amides is 2. The molecule has 6 nitrogen and oxygen atoms in total. The molecule has 1 aliphatic heterocycles. The SMILES string of the molecule is Cc1occc1C(=O)NCC(=O)N1C[C@H](C(C)C)Nc2ccccc21. The molecular formula is C19H23N3O3. The summed E-state index contributed by atoms with van der Waals surface area (Å²) in [4.78, 5) is 26.7. The number of anilines is 2. The van der Waals surface area contributed by atoms with Crippen LogP contribution in [0.5, 0.6) is 0 Å². The first-order chi connectivity index (χ1) is 12.0. The standard InChI is InChI=1S/C19H23N3O3/c1-12(2)16-11-22(17-7-5-4-6-15(17)21-16)18(23)10-20-19(24)14-8-9-25-13(14)3/h4-9,12,16,21H,10-11H2,1-3H3,(H,20,24)/t16-/m1/s1. The molecule has 0 saturated heterocycles. The van der Waals surface area contributed by atoms with Gasteiger partial charge in [0.2, 0.25) is 5.91 Å². The number of carbonyl (C=O) groups excluding carboxylic acids is 2. The summed E-state index contributed by atoms with van der Waals surface area (Å²) in [6, 6.07) is 9.51. The van der Waals surface area contributed by atoms with Crippen molar-refractivity contribution in [2.24, 2.45) is 5.92 Å². The Labute approximate surface area is 147 Å². The van der Waals surface area contributed by atoms with Gasteiger partial charge >= 0.3 is 0 Å². The second kappa shape index (κ2) is 7.01. The van der Waals surface area contributed by atoms with Crippen molar-refractivity contribution in [2.45, 2.75) is 26.8 Å². The molecule has 3 rings (SSSR count). The predicted molar refractivity (Wildman–Crippen MR) is 96.8 cm³/mol. The molecule has 1 aromatic heterocycles. The number of hydrogen-bond acceptors (Lipinski definition) is 4. The summed E-state index contributed by atoms with van der Waals surface area (Å²) in [5.74, 6) is 0.488. The molecule has 0 radical (unpaired) electrons. The number of carbonyl (C=O) groups is 2. The molecule has 2 aromatic rings. The van der Waals surface area contributed by atoms with Crippen LogP contribution in [0.1, 0.15) is 30.0 Å². The minimum absolute atomic E-state index is 0.0530. The molecule has 1 atom stereocenters. The minimum Gasteiger partial charge on any atom is -0.469 e. The van der Waals surface area contributed by atoms with Gasteiger partial charge in [0.15, 0.2) is 0 Å². The molecular weight excluding hydrogens is 318 g/mol. The van der Waals surface area contributed by atoms with Gasteiger partial charge in [0.05, 0.1) is 29.7 Å². The zero-order chi connectivity index (χ0) is 18.0. The molecule has 0 unspecified atom stereocenters. The fourth-order valence-corrected chi connectivity index (χ4v) is 2.95. The zero-order valence-corrected chi connectivity index (χ0v) is 14.7. The zero-order valence-electron chi connectivity index (χ0n) is 14.7. The lowest BCUT2D eigenvalue weighted by Crippen LogP contribution is -2.49. The number of nitrogens with zero attached hydrogens (tertiary/aromatic N) is 1. The molecule has 1 aliphatic rings. The van der Waals surface area contributed by atoms with E-state index in [-0.39, 0.29) is 24.4 Å². The Morgan fingerprint density at radius 2 is 2.08 bits per heavy atom. The molecule has 2 N–H and O–H groups in total. The maximum Gasteiger partial charge on any atom is 0.255 e. The Balaban J connectivity index is 1.72. The van der Waals surface area contributed by atoms with Gasteiger partial charge in [-0.3, -0.25) is 9.59 Å². The average molecular weight is 341 g/mol. The molecule has 6 heteroatoms. The summed E-state index contributed by atoms with van der Waals surface area (Å²) in [6.45, 7) is 6.49. The van der Waals surface area contributed by atoms with Crippen LogP contribution in [0.4, 0.5) is 11.4 Å². The van der Waals surface area contributed by atoms with Gasteiger partial charge in [-0.15, -0.1) is 0 Å². The summed E-state index contributed by atoms with van der Waals surface area (Å²) in [5, 5.41) is 6.17.